The SMILES string of the molecule is CC(=O)OC[C@H]1O[C@@H]2SC(=NCC(F)F)N[C@@H]2[C@@H](C)[C@@H]1C. The number of nitrogens with one attached hydrogen (secondary N) is 1. The van der Waals surface area contributed by atoms with E-state index in [1.54, 1.807) is 0 Å². The number of alkyl halides is 2. The number of halogens is 2. The summed E-state index contributed by atoms with van der Waals surface area (Å²) >= 11 is 1.32. The van der Waals surface area contributed by atoms with Gasteiger partial charge in [0, 0.05) is 6.92 Å². The molecule has 0 aromatic heterocycles. The average molecular weight is 322 g/mol. The molecular weight excluding hydrogens is 302 g/mol. The van der Waals surface area contributed by atoms with Crippen LogP contribution in [0.3, 0.4) is 0 Å². The molecule has 0 aromatic rings. The largest absolute Gasteiger partial charge is 0.463 e. The van der Waals surface area contributed by atoms with E-state index >= 15 is 0 Å². The molecule has 0 unspecified atom stereocenters. The standard InChI is InChI=1S/C13H20F2N2O3S/c1-6-7(2)11-12(20-9(6)5-19-8(3)18)21-13(17-11)16-4-10(14)15/h6-7,9-12H,4-5H2,1-3H3,(H,16,17)/t6-,7-,9+,11+,12+/m0/s1. The molecule has 0 spiro atoms. The maximum atomic E-state index is 12.2. The Morgan fingerprint density at radius 1 is 1.48 bits per heavy atom. The smallest absolute Gasteiger partial charge is 0.302 e. The van der Waals surface area contributed by atoms with E-state index in [0.29, 0.717) is 5.17 Å². The molecule has 2 aliphatic rings. The Balaban J connectivity index is 1.98. The van der Waals surface area contributed by atoms with Crippen molar-refractivity contribution in [2.75, 3.05) is 13.2 Å². The highest BCUT2D eigenvalue weighted by Crippen LogP contribution is 2.39. The van der Waals surface area contributed by atoms with E-state index in [9.17, 15) is 13.6 Å². The van der Waals surface area contributed by atoms with E-state index in [0.717, 1.165) is 0 Å². The van der Waals surface area contributed by atoms with Crippen molar-refractivity contribution in [3.8, 4) is 0 Å². The zero-order valence-corrected chi connectivity index (χ0v) is 13.0. The average Bonchev–Trinajstić information content (AvgIpc) is 2.82. The Hall–Kier alpha value is -0.890. The Labute approximate surface area is 126 Å². The van der Waals surface area contributed by atoms with Gasteiger partial charge in [-0.15, -0.1) is 0 Å². The lowest BCUT2D eigenvalue weighted by Gasteiger charge is -2.40. The van der Waals surface area contributed by atoms with Crippen LogP contribution in [0, 0.1) is 11.8 Å². The van der Waals surface area contributed by atoms with Gasteiger partial charge in [0.1, 0.15) is 18.6 Å². The van der Waals surface area contributed by atoms with E-state index in [-0.39, 0.29) is 42.0 Å². The van der Waals surface area contributed by atoms with Crippen LogP contribution in [0.4, 0.5) is 8.78 Å². The van der Waals surface area contributed by atoms with Crippen LogP contribution in [0.25, 0.3) is 0 Å². The number of nitrogens with zero attached hydrogens (tertiary/aromatic N) is 1. The lowest BCUT2D eigenvalue weighted by atomic mass is 9.83. The summed E-state index contributed by atoms with van der Waals surface area (Å²) in [5.74, 6) is 0.112. The molecule has 5 atom stereocenters. The van der Waals surface area contributed by atoms with Crippen LogP contribution < -0.4 is 5.32 Å². The quantitative estimate of drug-likeness (QED) is 0.801. The fourth-order valence-electron chi connectivity index (χ4n) is 2.51. The number of fused-ring (bicyclic) bond motifs is 1. The molecule has 0 aliphatic carbocycles. The van der Waals surface area contributed by atoms with Crippen LogP contribution in [0.1, 0.15) is 20.8 Å². The van der Waals surface area contributed by atoms with E-state index in [1.807, 2.05) is 6.92 Å². The molecular formula is C13H20F2N2O3S. The van der Waals surface area contributed by atoms with Gasteiger partial charge in [-0.25, -0.2) is 8.78 Å². The molecule has 0 amide bonds. The van der Waals surface area contributed by atoms with Gasteiger partial charge in [-0.3, -0.25) is 9.79 Å². The normalized spacial score (nSPS) is 37.4. The number of amidine groups is 1. The van der Waals surface area contributed by atoms with Gasteiger partial charge in [-0.2, -0.15) is 0 Å². The minimum atomic E-state index is -2.45. The van der Waals surface area contributed by atoms with Gasteiger partial charge in [0.15, 0.2) is 5.17 Å². The second-order valence-electron chi connectivity index (χ2n) is 5.39. The highest BCUT2D eigenvalue weighted by molar-refractivity contribution is 8.14. The number of hydrogen-bond acceptors (Lipinski definition) is 5. The van der Waals surface area contributed by atoms with E-state index < -0.39 is 13.0 Å². The van der Waals surface area contributed by atoms with E-state index in [4.69, 9.17) is 9.47 Å². The number of aliphatic imine (C=N–C) groups is 1. The van der Waals surface area contributed by atoms with Crippen LogP contribution in [-0.2, 0) is 14.3 Å². The van der Waals surface area contributed by atoms with Gasteiger partial charge in [0.25, 0.3) is 6.43 Å². The maximum absolute atomic E-state index is 12.2. The third kappa shape index (κ3) is 4.06. The fourth-order valence-corrected chi connectivity index (χ4v) is 3.74. The molecule has 2 rings (SSSR count). The van der Waals surface area contributed by atoms with Crippen LogP contribution in [-0.4, -0.2) is 48.3 Å². The number of carbonyl (C=O) groups is 1. The summed E-state index contributed by atoms with van der Waals surface area (Å²) in [4.78, 5) is 14.8. The molecule has 2 heterocycles. The predicted octanol–water partition coefficient (Wildman–Crippen LogP) is 1.87. The number of thioether (sulfide) groups is 1. The number of rotatable bonds is 4. The van der Waals surface area contributed by atoms with E-state index in [2.05, 4.69) is 17.2 Å². The molecule has 0 saturated carbocycles. The molecule has 2 fully saturated rings. The van der Waals surface area contributed by atoms with Crippen LogP contribution in [0.5, 0.6) is 0 Å². The third-order valence-corrected chi connectivity index (χ3v) is 5.03. The first kappa shape index (κ1) is 16.5. The summed E-state index contributed by atoms with van der Waals surface area (Å²) in [6.07, 6.45) is -2.63. The van der Waals surface area contributed by atoms with Crippen molar-refractivity contribution in [2.45, 2.75) is 44.8 Å². The van der Waals surface area contributed by atoms with Gasteiger partial charge in [0.2, 0.25) is 0 Å². The fraction of sp³-hybridized carbons (Fsp3) is 0.846. The van der Waals surface area contributed by atoms with Crippen molar-refractivity contribution in [2.24, 2.45) is 16.8 Å². The monoisotopic (exact) mass is 322 g/mol. The number of hydrogen-bond donors (Lipinski definition) is 1. The van der Waals surface area contributed by atoms with Gasteiger partial charge in [-0.1, -0.05) is 25.6 Å². The summed E-state index contributed by atoms with van der Waals surface area (Å²) in [5.41, 5.74) is -0.187. The van der Waals surface area contributed by atoms with Crippen LogP contribution in [0.15, 0.2) is 4.99 Å². The molecule has 0 radical (unpaired) electrons. The first-order valence-electron chi connectivity index (χ1n) is 6.93. The zero-order chi connectivity index (χ0) is 15.6. The molecule has 120 valence electrons. The number of esters is 1. The molecule has 21 heavy (non-hydrogen) atoms. The van der Waals surface area contributed by atoms with Crippen molar-refractivity contribution in [1.29, 1.82) is 0 Å². The van der Waals surface area contributed by atoms with Gasteiger partial charge >= 0.3 is 5.97 Å². The summed E-state index contributed by atoms with van der Waals surface area (Å²) in [5, 5.41) is 3.66. The van der Waals surface area contributed by atoms with Crippen molar-refractivity contribution in [3.63, 3.8) is 0 Å². The van der Waals surface area contributed by atoms with Gasteiger partial charge in [-0.05, 0) is 11.8 Å². The highest BCUT2D eigenvalue weighted by Gasteiger charge is 2.46. The van der Waals surface area contributed by atoms with Crippen molar-refractivity contribution >= 4 is 22.9 Å². The molecule has 5 nitrogen and oxygen atoms in total. The molecule has 0 bridgehead atoms. The predicted molar refractivity (Wildman–Crippen MR) is 76.4 cm³/mol. The summed E-state index contributed by atoms with van der Waals surface area (Å²) < 4.78 is 35.4. The summed E-state index contributed by atoms with van der Waals surface area (Å²) in [6.45, 7) is 5.19. The maximum Gasteiger partial charge on any atom is 0.302 e. The zero-order valence-electron chi connectivity index (χ0n) is 12.2. The first-order chi connectivity index (χ1) is 9.88. The minimum Gasteiger partial charge on any atom is -0.463 e. The van der Waals surface area contributed by atoms with Crippen LogP contribution >= 0.6 is 11.8 Å². The first-order valence-corrected chi connectivity index (χ1v) is 7.81. The molecule has 0 aromatic carbocycles. The van der Waals surface area contributed by atoms with Gasteiger partial charge in [0.05, 0.1) is 12.1 Å². The molecule has 8 heteroatoms. The van der Waals surface area contributed by atoms with E-state index in [1.165, 1.54) is 18.7 Å². The van der Waals surface area contributed by atoms with Crippen LogP contribution in [0.2, 0.25) is 0 Å². The Morgan fingerprint density at radius 2 is 2.19 bits per heavy atom. The minimum absolute atomic E-state index is 0.0370. The molecule has 1 N–H and O–H groups in total. The summed E-state index contributed by atoms with van der Waals surface area (Å²) in [6, 6.07) is 0.0370. The summed E-state index contributed by atoms with van der Waals surface area (Å²) in [7, 11) is 0. The van der Waals surface area contributed by atoms with Crippen molar-refractivity contribution < 1.29 is 23.0 Å². The number of ether oxygens (including phenoxy) is 2. The topological polar surface area (TPSA) is 59.9 Å². The Bertz CT molecular complexity index is 422. The Morgan fingerprint density at radius 3 is 2.81 bits per heavy atom. The lowest BCUT2D eigenvalue weighted by molar-refractivity contribution is -0.153. The van der Waals surface area contributed by atoms with Crippen molar-refractivity contribution in [3.05, 3.63) is 0 Å². The molecule has 2 aliphatic heterocycles. The lowest BCUT2D eigenvalue weighted by Crippen LogP contribution is -2.52. The number of carbonyl (C=O) groups excluding carboxylic acids is 1. The molecule has 2 saturated heterocycles. The third-order valence-electron chi connectivity index (χ3n) is 3.93. The highest BCUT2D eigenvalue weighted by atomic mass is 32.2. The van der Waals surface area contributed by atoms with Gasteiger partial charge < -0.3 is 14.8 Å². The second-order valence-corrected chi connectivity index (χ2v) is 6.48. The second kappa shape index (κ2) is 6.91. The van der Waals surface area contributed by atoms with Crippen molar-refractivity contribution in [1.82, 2.24) is 5.32 Å². The Kier molecular flexibility index (Phi) is 5.43.